The van der Waals surface area contributed by atoms with Crippen molar-refractivity contribution in [3.63, 3.8) is 0 Å². The molecule has 116 valence electrons. The van der Waals surface area contributed by atoms with Gasteiger partial charge in [-0.05, 0) is 30.3 Å². The zero-order valence-electron chi connectivity index (χ0n) is 12.0. The van der Waals surface area contributed by atoms with E-state index in [1.165, 1.54) is 0 Å². The fraction of sp³-hybridized carbons (Fsp3) is 0.0625. The number of aromatic nitrogens is 4. The van der Waals surface area contributed by atoms with Crippen LogP contribution in [0.1, 0.15) is 0 Å². The molecule has 0 amide bonds. The molecule has 3 aromatic rings. The second kappa shape index (κ2) is 7.17. The van der Waals surface area contributed by atoms with Crippen LogP contribution in [0.15, 0.2) is 60.5 Å². The van der Waals surface area contributed by atoms with Crippen LogP contribution in [0.25, 0.3) is 17.1 Å². The lowest BCUT2D eigenvalue weighted by Crippen LogP contribution is -2.00. The van der Waals surface area contributed by atoms with Gasteiger partial charge in [-0.3, -0.25) is 9.55 Å². The maximum atomic E-state index is 6.16. The summed E-state index contributed by atoms with van der Waals surface area (Å²) in [5.41, 5.74) is 1.71. The molecule has 4 nitrogen and oxygen atoms in total. The molecule has 0 N–H and O–H groups in total. The first kappa shape index (κ1) is 16.1. The molecular weight excluding hydrogens is 351 g/mol. The quantitative estimate of drug-likeness (QED) is 0.477. The Hall–Kier alpha value is -1.82. The zero-order valence-corrected chi connectivity index (χ0v) is 14.3. The van der Waals surface area contributed by atoms with Crippen molar-refractivity contribution in [1.82, 2.24) is 19.7 Å². The molecule has 0 spiro atoms. The largest absolute Gasteiger partial charge is 0.270 e. The molecule has 0 atom stereocenters. The van der Waals surface area contributed by atoms with Gasteiger partial charge in [-0.25, -0.2) is 0 Å². The number of halogens is 2. The molecule has 0 aliphatic rings. The van der Waals surface area contributed by atoms with Gasteiger partial charge >= 0.3 is 0 Å². The molecule has 2 aromatic heterocycles. The molecule has 7 heteroatoms. The Balaban J connectivity index is 2.16. The van der Waals surface area contributed by atoms with Crippen LogP contribution in [0.2, 0.25) is 10.0 Å². The summed E-state index contributed by atoms with van der Waals surface area (Å²) in [5, 5.41) is 10.3. The summed E-state index contributed by atoms with van der Waals surface area (Å²) in [6.45, 7) is 3.74. The molecule has 0 aliphatic heterocycles. The van der Waals surface area contributed by atoms with E-state index >= 15 is 0 Å². The van der Waals surface area contributed by atoms with Crippen LogP contribution in [-0.2, 0) is 0 Å². The van der Waals surface area contributed by atoms with Crippen LogP contribution in [0.5, 0.6) is 0 Å². The Kier molecular flexibility index (Phi) is 5.00. The average molecular weight is 363 g/mol. The molecule has 0 unspecified atom stereocenters. The minimum atomic E-state index is 0.481. The van der Waals surface area contributed by atoms with Crippen LogP contribution in [0.3, 0.4) is 0 Å². The minimum Gasteiger partial charge on any atom is -0.270 e. The highest BCUT2D eigenvalue weighted by Crippen LogP contribution is 2.31. The minimum absolute atomic E-state index is 0.481. The van der Waals surface area contributed by atoms with Gasteiger partial charge in [-0.15, -0.1) is 16.8 Å². The van der Waals surface area contributed by atoms with Crippen molar-refractivity contribution in [3.05, 3.63) is 65.4 Å². The van der Waals surface area contributed by atoms with E-state index in [9.17, 15) is 0 Å². The van der Waals surface area contributed by atoms with Crippen molar-refractivity contribution in [2.75, 3.05) is 5.75 Å². The monoisotopic (exact) mass is 362 g/mol. The first-order chi connectivity index (χ1) is 11.2. The summed E-state index contributed by atoms with van der Waals surface area (Å²) in [6.07, 6.45) is 5.29. The molecule has 0 aliphatic carbocycles. The Morgan fingerprint density at radius 2 is 2.04 bits per heavy atom. The fourth-order valence-corrected chi connectivity index (χ4v) is 3.01. The van der Waals surface area contributed by atoms with Gasteiger partial charge in [0.05, 0.1) is 15.7 Å². The van der Waals surface area contributed by atoms with Gasteiger partial charge < -0.3 is 0 Å². The number of nitrogens with zero attached hydrogens (tertiary/aromatic N) is 4. The second-order valence-electron chi connectivity index (χ2n) is 4.58. The van der Waals surface area contributed by atoms with E-state index in [0.29, 0.717) is 15.9 Å². The van der Waals surface area contributed by atoms with Crippen molar-refractivity contribution in [1.29, 1.82) is 0 Å². The summed E-state index contributed by atoms with van der Waals surface area (Å²) in [7, 11) is 0. The lowest BCUT2D eigenvalue weighted by molar-refractivity contribution is 0.887. The molecule has 0 bridgehead atoms. The van der Waals surface area contributed by atoms with E-state index in [2.05, 4.69) is 21.8 Å². The van der Waals surface area contributed by atoms with Crippen molar-refractivity contribution >= 4 is 35.0 Å². The number of hydrogen-bond acceptors (Lipinski definition) is 4. The Morgan fingerprint density at radius 3 is 2.74 bits per heavy atom. The van der Waals surface area contributed by atoms with Gasteiger partial charge in [-0.2, -0.15) is 0 Å². The van der Waals surface area contributed by atoms with Crippen molar-refractivity contribution in [2.24, 2.45) is 0 Å². The number of thioether (sulfide) groups is 1. The molecule has 2 heterocycles. The predicted octanol–water partition coefficient (Wildman–Crippen LogP) is 4.91. The highest BCUT2D eigenvalue weighted by atomic mass is 35.5. The van der Waals surface area contributed by atoms with Gasteiger partial charge in [0.2, 0.25) is 0 Å². The summed E-state index contributed by atoms with van der Waals surface area (Å²) in [4.78, 5) is 4.15. The Bertz CT molecular complexity index is 833. The zero-order chi connectivity index (χ0) is 16.2. The van der Waals surface area contributed by atoms with Gasteiger partial charge in [-0.1, -0.05) is 41.0 Å². The van der Waals surface area contributed by atoms with E-state index in [4.69, 9.17) is 23.2 Å². The van der Waals surface area contributed by atoms with Gasteiger partial charge in [0.1, 0.15) is 0 Å². The third-order valence-corrected chi connectivity index (χ3v) is 4.71. The molecule has 23 heavy (non-hydrogen) atoms. The highest BCUT2D eigenvalue weighted by molar-refractivity contribution is 7.99. The summed E-state index contributed by atoms with van der Waals surface area (Å²) < 4.78 is 1.94. The molecule has 0 fully saturated rings. The molecular formula is C16H12Cl2N4S. The highest BCUT2D eigenvalue weighted by Gasteiger charge is 2.16. The number of hydrogen-bond donors (Lipinski definition) is 0. The van der Waals surface area contributed by atoms with Crippen molar-refractivity contribution in [3.8, 4) is 17.1 Å². The summed E-state index contributed by atoms with van der Waals surface area (Å²) >= 11 is 13.7. The predicted molar refractivity (Wildman–Crippen MR) is 95.5 cm³/mol. The molecule has 1 aromatic carbocycles. The number of rotatable bonds is 5. The Labute approximate surface area is 148 Å². The van der Waals surface area contributed by atoms with Crippen LogP contribution in [0.4, 0.5) is 0 Å². The maximum Gasteiger partial charge on any atom is 0.196 e. The molecule has 0 radical (unpaired) electrons. The number of benzene rings is 1. The first-order valence-corrected chi connectivity index (χ1v) is 8.50. The van der Waals surface area contributed by atoms with Crippen LogP contribution >= 0.6 is 35.0 Å². The third-order valence-electron chi connectivity index (χ3n) is 3.04. The van der Waals surface area contributed by atoms with E-state index in [0.717, 1.165) is 22.2 Å². The summed E-state index contributed by atoms with van der Waals surface area (Å²) in [5.74, 6) is 1.43. The average Bonchev–Trinajstić information content (AvgIpc) is 3.00. The SMILES string of the molecule is C=CCSc1nnc(-c2cccnc2)n1-c1ccc(Cl)c(Cl)c1. The van der Waals surface area contributed by atoms with Gasteiger partial charge in [0, 0.05) is 23.7 Å². The van der Waals surface area contributed by atoms with Crippen molar-refractivity contribution < 1.29 is 0 Å². The molecule has 0 saturated carbocycles. The van der Waals surface area contributed by atoms with E-state index in [-0.39, 0.29) is 0 Å². The maximum absolute atomic E-state index is 6.16. The third kappa shape index (κ3) is 3.42. The smallest absolute Gasteiger partial charge is 0.196 e. The van der Waals surface area contributed by atoms with Crippen LogP contribution in [-0.4, -0.2) is 25.5 Å². The topological polar surface area (TPSA) is 43.6 Å². The van der Waals surface area contributed by atoms with Crippen molar-refractivity contribution in [2.45, 2.75) is 5.16 Å². The lowest BCUT2D eigenvalue weighted by atomic mass is 10.2. The van der Waals surface area contributed by atoms with E-state index in [1.54, 1.807) is 36.3 Å². The normalized spacial score (nSPS) is 10.7. The van der Waals surface area contributed by atoms with Crippen LogP contribution in [0, 0.1) is 0 Å². The van der Waals surface area contributed by atoms with Crippen LogP contribution < -0.4 is 0 Å². The lowest BCUT2D eigenvalue weighted by Gasteiger charge is -2.10. The second-order valence-corrected chi connectivity index (χ2v) is 6.38. The van der Waals surface area contributed by atoms with E-state index in [1.807, 2.05) is 28.8 Å². The molecule has 3 rings (SSSR count). The fourth-order valence-electron chi connectivity index (χ4n) is 2.04. The first-order valence-electron chi connectivity index (χ1n) is 6.75. The van der Waals surface area contributed by atoms with Gasteiger partial charge in [0.15, 0.2) is 11.0 Å². The number of pyridine rings is 1. The molecule has 0 saturated heterocycles. The Morgan fingerprint density at radius 1 is 1.17 bits per heavy atom. The van der Waals surface area contributed by atoms with Gasteiger partial charge in [0.25, 0.3) is 0 Å². The van der Waals surface area contributed by atoms with E-state index < -0.39 is 0 Å². The summed E-state index contributed by atoms with van der Waals surface area (Å²) in [6, 6.07) is 9.24. The standard InChI is InChI=1S/C16H12Cl2N4S/c1-2-8-23-16-21-20-15(11-4-3-7-19-10-11)22(16)12-5-6-13(17)14(18)9-12/h2-7,9-10H,1,8H2.